The van der Waals surface area contributed by atoms with Gasteiger partial charge in [0.1, 0.15) is 41.7 Å². The molecule has 348 valence electrons. The van der Waals surface area contributed by atoms with Crippen LogP contribution in [0.15, 0.2) is 72.3 Å². The summed E-state index contributed by atoms with van der Waals surface area (Å²) in [5.41, 5.74) is 11.8. The van der Waals surface area contributed by atoms with Crippen LogP contribution in [0.1, 0.15) is 48.6 Å². The molecule has 0 aliphatic carbocycles. The minimum atomic E-state index is -4.61. The lowest BCUT2D eigenvalue weighted by Gasteiger charge is -2.27. The number of ether oxygens (including phenoxy) is 4. The van der Waals surface area contributed by atoms with Gasteiger partial charge in [0.15, 0.2) is 47.4 Å². The van der Waals surface area contributed by atoms with Crippen molar-refractivity contribution in [2.45, 2.75) is 75.2 Å². The van der Waals surface area contributed by atoms with Crippen LogP contribution in [0.4, 0.5) is 20.5 Å². The summed E-state index contributed by atoms with van der Waals surface area (Å²) in [5, 5.41) is 0. The van der Waals surface area contributed by atoms with Gasteiger partial charge in [0.05, 0.1) is 37.5 Å². The smallest absolute Gasteiger partial charge is 0.389 e. The Morgan fingerprint density at radius 3 is 2.18 bits per heavy atom. The van der Waals surface area contributed by atoms with E-state index in [1.165, 1.54) is 29.4 Å². The molecule has 5 N–H and O–H groups in total. The van der Waals surface area contributed by atoms with Crippen molar-refractivity contribution >= 4 is 73.3 Å². The van der Waals surface area contributed by atoms with Crippen molar-refractivity contribution in [2.24, 2.45) is 0 Å². The molecule has 22 nitrogen and oxygen atoms in total. The standard InChI is InChI=1S/C38H41BF2N10O12P2S/c1-4-23-29(25(40)35(60-23)50-17-46-27-31(42)44-16-45-32(27)50)63-65(55,66-15-19-6-10-22(11-7-19)59-37(53)20-8-12-21(13-9-20)57-5-2)58-14-24-30(62-64(39,54)56-3)26(41)36(61-24)51-18-47-28-33(51)48-38(43)49-34(28)52/h6-13,16-18,23-26,29-30,35-36H,4-5,14-15H2,1-3H3,(H2,42,44,45)(H3,43,48,49,52)/t23-,24-,25-,26-,29-,30-,35-,36-,64?,65+/m1/s1. The highest BCUT2D eigenvalue weighted by molar-refractivity contribution is 8.54. The molecular formula is C38H41BF2N10O12P2S. The molecule has 6 aromatic rings. The summed E-state index contributed by atoms with van der Waals surface area (Å²) in [6, 6.07) is 12.7. The second-order valence-corrected chi connectivity index (χ2v) is 20.3. The Hall–Kier alpha value is -5.30. The Balaban J connectivity index is 1.05. The van der Waals surface area contributed by atoms with Gasteiger partial charge in [-0.3, -0.25) is 32.5 Å². The number of rotatable bonds is 18. The zero-order valence-corrected chi connectivity index (χ0v) is 37.7. The van der Waals surface area contributed by atoms with Crippen LogP contribution in [0, 0.1) is 0 Å². The van der Waals surface area contributed by atoms with Gasteiger partial charge >= 0.3 is 12.8 Å². The number of fused-ring (bicyclic) bond motifs is 2. The van der Waals surface area contributed by atoms with Gasteiger partial charge in [-0.2, -0.15) is 4.98 Å². The first kappa shape index (κ1) is 47.2. The second-order valence-electron chi connectivity index (χ2n) is 14.7. The molecule has 1 unspecified atom stereocenters. The number of esters is 1. The Morgan fingerprint density at radius 2 is 1.52 bits per heavy atom. The number of carbonyl (C=O) groups excluding carboxylic acids is 1. The number of H-pyrrole nitrogens is 1. The molecule has 6 heterocycles. The number of alkyl halides is 2. The van der Waals surface area contributed by atoms with Crippen LogP contribution in [0.3, 0.4) is 0 Å². The maximum atomic E-state index is 16.8. The third kappa shape index (κ3) is 9.87. The first-order valence-corrected chi connectivity index (χ1v) is 24.8. The third-order valence-electron chi connectivity index (χ3n) is 10.4. The number of hydrogen-bond donors (Lipinski definition) is 3. The van der Waals surface area contributed by atoms with Crippen LogP contribution >= 0.6 is 25.7 Å². The Labute approximate surface area is 378 Å². The van der Waals surface area contributed by atoms with E-state index in [2.05, 4.69) is 29.9 Å². The van der Waals surface area contributed by atoms with Crippen molar-refractivity contribution in [1.29, 1.82) is 0 Å². The number of nitrogens with one attached hydrogen (secondary N) is 1. The molecule has 0 amide bonds. The summed E-state index contributed by atoms with van der Waals surface area (Å²) in [6.45, 7) is -1.38. The molecule has 0 saturated carbocycles. The molecule has 2 aliphatic heterocycles. The molecule has 0 spiro atoms. The summed E-state index contributed by atoms with van der Waals surface area (Å²) in [5.74, 6) is -0.139. The van der Waals surface area contributed by atoms with Crippen molar-refractivity contribution in [1.82, 2.24) is 39.0 Å². The van der Waals surface area contributed by atoms with E-state index in [1.807, 2.05) is 6.92 Å². The highest BCUT2D eigenvalue weighted by atomic mass is 32.7. The fourth-order valence-electron chi connectivity index (χ4n) is 7.19. The number of nitrogen functional groups attached to an aromatic ring is 2. The molecule has 2 radical (unpaired) electrons. The number of anilines is 2. The number of nitrogens with zero attached hydrogens (tertiary/aromatic N) is 7. The highest BCUT2D eigenvalue weighted by Gasteiger charge is 2.53. The number of nitrogens with two attached hydrogens (primary N) is 2. The molecule has 2 saturated heterocycles. The van der Waals surface area contributed by atoms with Crippen LogP contribution < -0.4 is 26.5 Å². The highest BCUT2D eigenvalue weighted by Crippen LogP contribution is 2.64. The molecule has 0 bridgehead atoms. The fraction of sp³-hybridized carbons (Fsp3) is 0.395. The lowest BCUT2D eigenvalue weighted by molar-refractivity contribution is -0.0434. The molecule has 28 heteroatoms. The average molecular weight is 973 g/mol. The molecule has 2 aliphatic rings. The van der Waals surface area contributed by atoms with Crippen LogP contribution in [0.25, 0.3) is 22.3 Å². The van der Waals surface area contributed by atoms with E-state index in [9.17, 15) is 14.2 Å². The molecule has 66 heavy (non-hydrogen) atoms. The summed E-state index contributed by atoms with van der Waals surface area (Å²) in [4.78, 5) is 48.0. The van der Waals surface area contributed by atoms with Gasteiger partial charge in [-0.05, 0) is 66.7 Å². The van der Waals surface area contributed by atoms with Crippen LogP contribution in [0.5, 0.6) is 11.5 Å². The van der Waals surface area contributed by atoms with Gasteiger partial charge < -0.3 is 39.5 Å². The number of aromatic nitrogens is 8. The zero-order valence-electron chi connectivity index (χ0n) is 35.1. The minimum absolute atomic E-state index is 0.0565. The van der Waals surface area contributed by atoms with E-state index in [0.29, 0.717) is 29.3 Å². The number of imidazole rings is 2. The van der Waals surface area contributed by atoms with Crippen LogP contribution in [0.2, 0.25) is 0 Å². The zero-order chi connectivity index (χ0) is 46.9. The number of hydrogen-bond acceptors (Lipinski definition) is 20. The second kappa shape index (κ2) is 19.5. The molecule has 8 rings (SSSR count). The van der Waals surface area contributed by atoms with Gasteiger partial charge in [-0.15, -0.1) is 0 Å². The lowest BCUT2D eigenvalue weighted by Crippen LogP contribution is -2.34. The van der Waals surface area contributed by atoms with E-state index < -0.39 is 81.6 Å². The summed E-state index contributed by atoms with van der Waals surface area (Å²) >= 11 is 0.652. The summed E-state index contributed by atoms with van der Waals surface area (Å²) in [6.07, 6.45) is -9.42. The Kier molecular flexibility index (Phi) is 14.0. The fourth-order valence-corrected chi connectivity index (χ4v) is 11.2. The molecule has 2 fully saturated rings. The number of aromatic amines is 1. The maximum absolute atomic E-state index is 16.8. The van der Waals surface area contributed by atoms with E-state index in [1.54, 1.807) is 43.3 Å². The molecule has 2 aromatic carbocycles. The minimum Gasteiger partial charge on any atom is -0.494 e. The molecule has 10 atom stereocenters. The lowest BCUT2D eigenvalue weighted by atomic mass is 10.1. The summed E-state index contributed by atoms with van der Waals surface area (Å²) < 4.78 is 109. The van der Waals surface area contributed by atoms with Gasteiger partial charge in [0.25, 0.3) is 13.0 Å². The molecular weight excluding hydrogens is 931 g/mol. The van der Waals surface area contributed by atoms with Crippen molar-refractivity contribution in [3.05, 3.63) is 89.0 Å². The molecule has 4 aromatic heterocycles. The third-order valence-corrected chi connectivity index (χ3v) is 15.1. The van der Waals surface area contributed by atoms with Crippen LogP contribution in [-0.4, -0.2) is 110 Å². The Morgan fingerprint density at radius 1 is 0.879 bits per heavy atom. The van der Waals surface area contributed by atoms with Gasteiger partial charge in [-0.25, -0.2) is 38.1 Å². The van der Waals surface area contributed by atoms with Crippen molar-refractivity contribution in [3.63, 3.8) is 0 Å². The van der Waals surface area contributed by atoms with Gasteiger partial charge in [0, 0.05) is 12.9 Å². The summed E-state index contributed by atoms with van der Waals surface area (Å²) in [7, 11) is 2.25. The van der Waals surface area contributed by atoms with Crippen LogP contribution in [-0.2, 0) is 42.5 Å². The van der Waals surface area contributed by atoms with E-state index in [0.717, 1.165) is 18.0 Å². The van der Waals surface area contributed by atoms with E-state index >= 15 is 13.3 Å². The first-order valence-electron chi connectivity index (χ1n) is 20.1. The Bertz CT molecular complexity index is 2870. The number of benzene rings is 2. The monoisotopic (exact) mass is 972 g/mol. The van der Waals surface area contributed by atoms with Gasteiger partial charge in [-0.1, -0.05) is 19.1 Å². The van der Waals surface area contributed by atoms with Crippen molar-refractivity contribution < 1.29 is 59.7 Å². The predicted molar refractivity (Wildman–Crippen MR) is 234 cm³/mol. The van der Waals surface area contributed by atoms with E-state index in [4.69, 9.17) is 56.1 Å². The van der Waals surface area contributed by atoms with Gasteiger partial charge in [0.2, 0.25) is 13.5 Å². The van der Waals surface area contributed by atoms with E-state index in [-0.39, 0.29) is 57.6 Å². The van der Waals surface area contributed by atoms with Crippen molar-refractivity contribution in [3.8, 4) is 11.5 Å². The average Bonchev–Trinajstić information content (AvgIpc) is 4.07. The topological polar surface area (TPSA) is 284 Å². The van der Waals surface area contributed by atoms with Crippen molar-refractivity contribution in [2.75, 3.05) is 31.8 Å². The SMILES string of the molecule is [B]P(=O)(OC)O[C@H]1[C@@H](F)[C@H](n2cnc3c(=O)[nH]c(N)nc32)O[C@@H]1CO[P@@](=O)(O[C@H]1[C@@H](F)[C@H](n2cnc3c(N)ncnc32)O[C@@H]1CC)SCc1ccc(OC(=O)c2ccc(OCC)cc2)cc1. The largest absolute Gasteiger partial charge is 0.494 e. The maximum Gasteiger partial charge on any atom is 0.389 e. The number of carbonyl (C=O) groups is 1. The number of halogens is 2. The normalized spacial score (nSPS) is 24.9. The predicted octanol–water partition coefficient (Wildman–Crippen LogP) is 5.37. The quantitative estimate of drug-likeness (QED) is 0.0422. The first-order chi connectivity index (χ1) is 31.6.